The van der Waals surface area contributed by atoms with E-state index in [1.54, 1.807) is 6.07 Å². The number of nitrogens with one attached hydrogen (secondary N) is 1. The monoisotopic (exact) mass is 564 g/mol. The van der Waals surface area contributed by atoms with Crippen molar-refractivity contribution in [2.24, 2.45) is 10.2 Å². The Morgan fingerprint density at radius 2 is 2.03 bits per heavy atom. The van der Waals surface area contributed by atoms with Gasteiger partial charge in [0.1, 0.15) is 12.3 Å². The van der Waals surface area contributed by atoms with Crippen LogP contribution in [-0.4, -0.2) is 69.9 Å². The molecule has 1 aromatic carbocycles. The van der Waals surface area contributed by atoms with Crippen molar-refractivity contribution in [2.75, 3.05) is 48.8 Å². The fraction of sp³-hybridized carbons (Fsp3) is 0.571. The third-order valence-electron chi connectivity index (χ3n) is 5.17. The molecule has 0 atom stereocenters. The van der Waals surface area contributed by atoms with E-state index in [0.29, 0.717) is 6.42 Å². The second-order valence-corrected chi connectivity index (χ2v) is 10.8. The summed E-state index contributed by atoms with van der Waals surface area (Å²) in [4.78, 5) is 14.1. The maximum atomic E-state index is 12.8. The smallest absolute Gasteiger partial charge is 0.404 e. The first-order chi connectivity index (χ1) is 17.5. The highest BCUT2D eigenvalue weighted by Crippen LogP contribution is 2.39. The number of carbonyl (C=O) groups excluding carboxylic acids is 1. The number of esters is 1. The van der Waals surface area contributed by atoms with Gasteiger partial charge in [-0.3, -0.25) is 4.72 Å². The summed E-state index contributed by atoms with van der Waals surface area (Å²) in [5.41, 5.74) is 1.48. The van der Waals surface area contributed by atoms with Gasteiger partial charge in [-0.15, -0.1) is 20.4 Å². The molecular formula is C21H27F3N6O5S2. The van der Waals surface area contributed by atoms with Gasteiger partial charge in [-0.25, -0.2) is 13.2 Å². The van der Waals surface area contributed by atoms with E-state index in [1.807, 2.05) is 11.6 Å². The minimum absolute atomic E-state index is 0.0151. The van der Waals surface area contributed by atoms with E-state index in [9.17, 15) is 26.4 Å². The van der Waals surface area contributed by atoms with Gasteiger partial charge in [0.25, 0.3) is 5.13 Å². The van der Waals surface area contributed by atoms with Crippen LogP contribution in [0.3, 0.4) is 0 Å². The molecule has 37 heavy (non-hydrogen) atoms. The Labute approximate surface area is 216 Å². The highest BCUT2D eigenvalue weighted by molar-refractivity contribution is 7.92. The number of benzene rings is 1. The topological polar surface area (TPSA) is 135 Å². The second kappa shape index (κ2) is 12.6. The molecular weight excluding hydrogens is 537 g/mol. The molecule has 1 aliphatic rings. The molecule has 11 nitrogen and oxygen atoms in total. The van der Waals surface area contributed by atoms with E-state index in [-0.39, 0.29) is 34.7 Å². The van der Waals surface area contributed by atoms with Gasteiger partial charge < -0.3 is 14.4 Å². The number of carbonyl (C=O) groups is 1. The lowest BCUT2D eigenvalue weighted by Crippen LogP contribution is -2.31. The van der Waals surface area contributed by atoms with Crippen LogP contribution in [0.2, 0.25) is 0 Å². The fourth-order valence-electron chi connectivity index (χ4n) is 3.57. The van der Waals surface area contributed by atoms with Crippen LogP contribution in [0.1, 0.15) is 41.6 Å². The van der Waals surface area contributed by atoms with Crippen molar-refractivity contribution in [3.8, 4) is 0 Å². The van der Waals surface area contributed by atoms with E-state index in [4.69, 9.17) is 9.47 Å². The van der Waals surface area contributed by atoms with Crippen molar-refractivity contribution in [1.29, 1.82) is 0 Å². The molecule has 204 valence electrons. The van der Waals surface area contributed by atoms with Crippen LogP contribution in [0.4, 0.5) is 35.4 Å². The number of methoxy groups -OCH3 is 1. The minimum atomic E-state index is -4.92. The molecule has 1 N–H and O–H groups in total. The Hall–Kier alpha value is -2.85. The normalized spacial score (nSPS) is 14.1. The summed E-state index contributed by atoms with van der Waals surface area (Å²) >= 11 is 0.790. The van der Waals surface area contributed by atoms with Crippen molar-refractivity contribution in [2.45, 2.75) is 38.8 Å². The number of halogens is 3. The molecule has 1 aromatic heterocycles. The van der Waals surface area contributed by atoms with Crippen molar-refractivity contribution in [3.63, 3.8) is 0 Å². The van der Waals surface area contributed by atoms with E-state index in [1.165, 1.54) is 13.2 Å². The molecule has 16 heteroatoms. The van der Waals surface area contributed by atoms with Gasteiger partial charge in [-0.2, -0.15) is 13.2 Å². The Bertz CT molecular complexity index is 1220. The molecule has 0 radical (unpaired) electrons. The fourth-order valence-corrected chi connectivity index (χ4v) is 5.14. The predicted molar refractivity (Wildman–Crippen MR) is 132 cm³/mol. The van der Waals surface area contributed by atoms with Crippen molar-refractivity contribution in [3.05, 3.63) is 22.7 Å². The number of azo groups is 1. The number of aryl methyl sites for hydroxylation is 1. The highest BCUT2D eigenvalue weighted by Gasteiger charge is 2.35. The number of nitrogens with zero attached hydrogens (tertiary/aromatic N) is 5. The highest BCUT2D eigenvalue weighted by atomic mass is 32.2. The molecule has 0 aliphatic carbocycles. The Morgan fingerprint density at radius 3 is 2.73 bits per heavy atom. The van der Waals surface area contributed by atoms with E-state index in [2.05, 4.69) is 25.3 Å². The van der Waals surface area contributed by atoms with Crippen LogP contribution in [-0.2, 0) is 25.9 Å². The molecule has 2 heterocycles. The van der Waals surface area contributed by atoms with Gasteiger partial charge >= 0.3 is 12.1 Å². The van der Waals surface area contributed by atoms with Crippen molar-refractivity contribution >= 4 is 49.5 Å². The lowest BCUT2D eigenvalue weighted by atomic mass is 10.00. The SMILES string of the molecule is CCCCN1CCCc2cc(N=Nc3nnc(C(=O)OCCOC)s3)c(NS(=O)(=O)CC(F)(F)F)cc21. The van der Waals surface area contributed by atoms with Gasteiger partial charge in [0, 0.05) is 25.9 Å². The molecule has 0 spiro atoms. The van der Waals surface area contributed by atoms with E-state index in [0.717, 1.165) is 54.9 Å². The van der Waals surface area contributed by atoms with Crippen LogP contribution in [0.5, 0.6) is 0 Å². The van der Waals surface area contributed by atoms with Gasteiger partial charge in [-0.1, -0.05) is 24.7 Å². The first-order valence-electron chi connectivity index (χ1n) is 11.4. The average molecular weight is 565 g/mol. The number of hydrogen-bond donors (Lipinski definition) is 1. The van der Waals surface area contributed by atoms with Crippen molar-refractivity contribution < 1.29 is 35.9 Å². The van der Waals surface area contributed by atoms with Crippen LogP contribution < -0.4 is 9.62 Å². The molecule has 0 bridgehead atoms. The Morgan fingerprint density at radius 1 is 1.24 bits per heavy atom. The van der Waals surface area contributed by atoms with Crippen LogP contribution >= 0.6 is 11.3 Å². The largest absolute Gasteiger partial charge is 0.458 e. The van der Waals surface area contributed by atoms with E-state index >= 15 is 0 Å². The summed E-state index contributed by atoms with van der Waals surface area (Å²) in [7, 11) is -3.31. The molecule has 0 saturated heterocycles. The Balaban J connectivity index is 1.91. The van der Waals surface area contributed by atoms with Crippen LogP contribution in [0.25, 0.3) is 0 Å². The Kier molecular flexibility index (Phi) is 9.78. The molecule has 0 unspecified atom stereocenters. The third-order valence-corrected chi connectivity index (χ3v) is 7.19. The molecule has 0 fully saturated rings. The van der Waals surface area contributed by atoms with Gasteiger partial charge in [0.15, 0.2) is 5.75 Å². The average Bonchev–Trinajstić information content (AvgIpc) is 3.29. The molecule has 0 saturated carbocycles. The van der Waals surface area contributed by atoms with Gasteiger partial charge in [0.2, 0.25) is 15.0 Å². The summed E-state index contributed by atoms with van der Waals surface area (Å²) in [6, 6.07) is 3.09. The van der Waals surface area contributed by atoms with E-state index < -0.39 is 27.9 Å². The molecule has 1 aliphatic heterocycles. The van der Waals surface area contributed by atoms with Crippen LogP contribution in [0.15, 0.2) is 22.4 Å². The summed E-state index contributed by atoms with van der Waals surface area (Å²) in [5, 5.41) is 15.3. The molecule has 0 amide bonds. The third kappa shape index (κ3) is 8.60. The van der Waals surface area contributed by atoms with Crippen molar-refractivity contribution in [1.82, 2.24) is 10.2 Å². The number of rotatable bonds is 12. The van der Waals surface area contributed by atoms with Gasteiger partial charge in [0.05, 0.1) is 12.3 Å². The first kappa shape index (κ1) is 28.7. The maximum Gasteiger partial charge on any atom is 0.404 e. The molecule has 2 aromatic rings. The minimum Gasteiger partial charge on any atom is -0.458 e. The number of anilines is 2. The second-order valence-electron chi connectivity index (χ2n) is 8.14. The number of ether oxygens (including phenoxy) is 2. The van der Waals surface area contributed by atoms with Gasteiger partial charge in [-0.05, 0) is 37.0 Å². The summed E-state index contributed by atoms with van der Waals surface area (Å²) in [5.74, 6) is -2.77. The number of sulfonamides is 1. The quantitative estimate of drug-likeness (QED) is 0.224. The number of alkyl halides is 3. The summed E-state index contributed by atoms with van der Waals surface area (Å²) in [6.07, 6.45) is -1.52. The zero-order chi connectivity index (χ0) is 27.1. The predicted octanol–water partition coefficient (Wildman–Crippen LogP) is 4.61. The summed E-state index contributed by atoms with van der Waals surface area (Å²) in [6.45, 7) is 3.75. The van der Waals surface area contributed by atoms with Crippen LogP contribution in [0, 0.1) is 0 Å². The standard InChI is InChI=1S/C21H27F3N6O5S2/c1-3-4-7-30-8-5-6-14-11-15(16(12-17(14)30)29-37(32,33)13-21(22,23)24)25-27-20-28-26-18(36-20)19(31)35-10-9-34-2/h11-12,29H,3-10,13H2,1-2H3. The number of hydrogen-bond acceptors (Lipinski definition) is 11. The maximum absolute atomic E-state index is 12.8. The lowest BCUT2D eigenvalue weighted by Gasteiger charge is -2.32. The molecule has 3 rings (SSSR count). The number of aromatic nitrogens is 2. The zero-order valence-corrected chi connectivity index (χ0v) is 21.9. The lowest BCUT2D eigenvalue weighted by molar-refractivity contribution is -0.106. The first-order valence-corrected chi connectivity index (χ1v) is 13.9. The number of fused-ring (bicyclic) bond motifs is 1. The number of unbranched alkanes of at least 4 members (excludes halogenated alkanes) is 1. The zero-order valence-electron chi connectivity index (χ0n) is 20.2. The summed E-state index contributed by atoms with van der Waals surface area (Å²) < 4.78 is 74.8.